The van der Waals surface area contributed by atoms with Crippen LogP contribution in [-0.4, -0.2) is 61.0 Å². The van der Waals surface area contributed by atoms with Gasteiger partial charge >= 0.3 is 0 Å². The summed E-state index contributed by atoms with van der Waals surface area (Å²) in [5.41, 5.74) is -0.100. The van der Waals surface area contributed by atoms with E-state index in [2.05, 4.69) is 4.90 Å². The molecule has 5 heteroatoms. The number of carbonyl (C=O) groups is 2. The smallest absolute Gasteiger partial charge is 0.222 e. The van der Waals surface area contributed by atoms with Gasteiger partial charge in [0, 0.05) is 46.6 Å². The second-order valence-corrected chi connectivity index (χ2v) is 8.97. The minimum Gasteiger partial charge on any atom is -0.375 e. The van der Waals surface area contributed by atoms with Gasteiger partial charge in [0.15, 0.2) is 0 Å². The lowest BCUT2D eigenvalue weighted by Gasteiger charge is -2.46. The van der Waals surface area contributed by atoms with E-state index in [1.165, 1.54) is 32.1 Å². The van der Waals surface area contributed by atoms with Gasteiger partial charge in [0.25, 0.3) is 0 Å². The molecule has 0 bridgehead atoms. The second-order valence-electron chi connectivity index (χ2n) is 8.97. The third-order valence-electron chi connectivity index (χ3n) is 6.77. The van der Waals surface area contributed by atoms with Gasteiger partial charge in [-0.15, -0.1) is 0 Å². The predicted molar refractivity (Wildman–Crippen MR) is 102 cm³/mol. The number of amides is 2. The van der Waals surface area contributed by atoms with Crippen molar-refractivity contribution in [1.82, 2.24) is 9.80 Å². The van der Waals surface area contributed by atoms with Gasteiger partial charge in [0.2, 0.25) is 11.8 Å². The molecule has 3 fully saturated rings. The summed E-state index contributed by atoms with van der Waals surface area (Å²) in [7, 11) is 3.65. The first-order chi connectivity index (χ1) is 12.5. The van der Waals surface area contributed by atoms with E-state index in [0.717, 1.165) is 51.8 Å². The summed E-state index contributed by atoms with van der Waals surface area (Å²) in [6.07, 6.45) is 11.6. The number of hydrogen-bond donors (Lipinski definition) is 0. The summed E-state index contributed by atoms with van der Waals surface area (Å²) in [6, 6.07) is 0. The van der Waals surface area contributed by atoms with Crippen LogP contribution in [0.5, 0.6) is 0 Å². The van der Waals surface area contributed by atoms with Gasteiger partial charge < -0.3 is 14.5 Å². The first-order valence-electron chi connectivity index (χ1n) is 10.6. The van der Waals surface area contributed by atoms with Crippen LogP contribution in [0.1, 0.15) is 70.6 Å². The molecule has 0 radical (unpaired) electrons. The lowest BCUT2D eigenvalue weighted by Crippen LogP contribution is -2.51. The van der Waals surface area contributed by atoms with Crippen LogP contribution in [0.3, 0.4) is 0 Å². The SMILES string of the molecule is CN(C)C(=O)CC1CCOC2(CCN(C(=O)CC3CCCCC3)CC2)C1. The maximum Gasteiger partial charge on any atom is 0.222 e. The lowest BCUT2D eigenvalue weighted by atomic mass is 9.78. The number of rotatable bonds is 4. The zero-order valence-corrected chi connectivity index (χ0v) is 16.7. The molecular formula is C21H36N2O3. The molecule has 148 valence electrons. The Hall–Kier alpha value is -1.10. The summed E-state index contributed by atoms with van der Waals surface area (Å²) >= 11 is 0. The largest absolute Gasteiger partial charge is 0.375 e. The highest BCUT2D eigenvalue weighted by Gasteiger charge is 2.41. The van der Waals surface area contributed by atoms with Crippen molar-refractivity contribution in [3.63, 3.8) is 0 Å². The fourth-order valence-corrected chi connectivity index (χ4v) is 5.01. The maximum atomic E-state index is 12.7. The Morgan fingerprint density at radius 2 is 1.69 bits per heavy atom. The van der Waals surface area contributed by atoms with Crippen molar-refractivity contribution in [2.24, 2.45) is 11.8 Å². The second kappa shape index (κ2) is 8.73. The molecule has 2 amide bonds. The van der Waals surface area contributed by atoms with E-state index in [4.69, 9.17) is 4.74 Å². The molecular weight excluding hydrogens is 328 g/mol. The van der Waals surface area contributed by atoms with Crippen LogP contribution >= 0.6 is 0 Å². The molecule has 2 aliphatic heterocycles. The molecule has 3 rings (SSSR count). The Morgan fingerprint density at radius 1 is 1.00 bits per heavy atom. The van der Waals surface area contributed by atoms with Gasteiger partial charge in [-0.1, -0.05) is 19.3 Å². The average molecular weight is 365 g/mol. The Kier molecular flexibility index (Phi) is 6.60. The summed E-state index contributed by atoms with van der Waals surface area (Å²) in [6.45, 7) is 2.39. The summed E-state index contributed by atoms with van der Waals surface area (Å²) in [5.74, 6) is 1.59. The third-order valence-corrected chi connectivity index (χ3v) is 6.77. The molecule has 0 aromatic heterocycles. The average Bonchev–Trinajstić information content (AvgIpc) is 2.63. The van der Waals surface area contributed by atoms with Crippen LogP contribution in [0, 0.1) is 11.8 Å². The molecule has 1 saturated carbocycles. The minimum absolute atomic E-state index is 0.100. The predicted octanol–water partition coefficient (Wildman–Crippen LogP) is 3.22. The summed E-state index contributed by atoms with van der Waals surface area (Å²) in [4.78, 5) is 28.5. The van der Waals surface area contributed by atoms with Gasteiger partial charge in [-0.2, -0.15) is 0 Å². The van der Waals surface area contributed by atoms with E-state index < -0.39 is 0 Å². The number of hydrogen-bond acceptors (Lipinski definition) is 3. The van der Waals surface area contributed by atoms with E-state index in [1.54, 1.807) is 4.90 Å². The van der Waals surface area contributed by atoms with E-state index >= 15 is 0 Å². The molecule has 0 aromatic rings. The van der Waals surface area contributed by atoms with Gasteiger partial charge in [-0.25, -0.2) is 0 Å². The summed E-state index contributed by atoms with van der Waals surface area (Å²) in [5, 5.41) is 0. The Balaban J connectivity index is 1.47. The van der Waals surface area contributed by atoms with Crippen molar-refractivity contribution in [2.45, 2.75) is 76.2 Å². The molecule has 5 nitrogen and oxygen atoms in total. The number of nitrogens with zero attached hydrogens (tertiary/aromatic N) is 2. The maximum absolute atomic E-state index is 12.7. The van der Waals surface area contributed by atoms with Crippen molar-refractivity contribution in [3.8, 4) is 0 Å². The van der Waals surface area contributed by atoms with E-state index in [0.29, 0.717) is 24.2 Å². The highest BCUT2D eigenvalue weighted by molar-refractivity contribution is 5.76. The molecule has 0 N–H and O–H groups in total. The molecule has 1 aliphatic carbocycles. The monoisotopic (exact) mass is 364 g/mol. The normalized spacial score (nSPS) is 26.7. The zero-order chi connectivity index (χ0) is 18.6. The van der Waals surface area contributed by atoms with Gasteiger partial charge in [-0.3, -0.25) is 9.59 Å². The third kappa shape index (κ3) is 4.99. The fourth-order valence-electron chi connectivity index (χ4n) is 5.01. The van der Waals surface area contributed by atoms with Crippen LogP contribution in [0.2, 0.25) is 0 Å². The van der Waals surface area contributed by atoms with Crippen LogP contribution in [0.15, 0.2) is 0 Å². The highest BCUT2D eigenvalue weighted by atomic mass is 16.5. The Bertz CT molecular complexity index is 491. The molecule has 3 aliphatic rings. The van der Waals surface area contributed by atoms with Crippen molar-refractivity contribution < 1.29 is 14.3 Å². The zero-order valence-electron chi connectivity index (χ0n) is 16.7. The molecule has 0 aromatic carbocycles. The highest BCUT2D eigenvalue weighted by Crippen LogP contribution is 2.39. The van der Waals surface area contributed by atoms with Gasteiger partial charge in [-0.05, 0) is 50.4 Å². The standard InChI is InChI=1S/C21H36N2O3/c1-22(2)19(24)15-18-8-13-26-21(16-18)9-11-23(12-10-21)20(25)14-17-6-4-3-5-7-17/h17-18H,3-16H2,1-2H3. The van der Waals surface area contributed by atoms with E-state index in [9.17, 15) is 9.59 Å². The van der Waals surface area contributed by atoms with Crippen LogP contribution in [-0.2, 0) is 14.3 Å². The molecule has 1 atom stereocenters. The van der Waals surface area contributed by atoms with Crippen molar-refractivity contribution in [3.05, 3.63) is 0 Å². The first kappa shape index (κ1) is 19.7. The minimum atomic E-state index is -0.100. The van der Waals surface area contributed by atoms with Gasteiger partial charge in [0.1, 0.15) is 0 Å². The van der Waals surface area contributed by atoms with Crippen LogP contribution < -0.4 is 0 Å². The molecule has 2 saturated heterocycles. The van der Waals surface area contributed by atoms with Crippen molar-refractivity contribution in [2.75, 3.05) is 33.8 Å². The van der Waals surface area contributed by atoms with E-state index in [1.807, 2.05) is 14.1 Å². The topological polar surface area (TPSA) is 49.9 Å². The van der Waals surface area contributed by atoms with Crippen LogP contribution in [0.25, 0.3) is 0 Å². The molecule has 26 heavy (non-hydrogen) atoms. The quantitative estimate of drug-likeness (QED) is 0.769. The number of likely N-dealkylation sites (tertiary alicyclic amines) is 1. The van der Waals surface area contributed by atoms with Crippen LogP contribution in [0.4, 0.5) is 0 Å². The lowest BCUT2D eigenvalue weighted by molar-refractivity contribution is -0.150. The summed E-state index contributed by atoms with van der Waals surface area (Å²) < 4.78 is 6.19. The fraction of sp³-hybridized carbons (Fsp3) is 0.905. The molecule has 1 spiro atoms. The van der Waals surface area contributed by atoms with Crippen molar-refractivity contribution in [1.29, 1.82) is 0 Å². The van der Waals surface area contributed by atoms with Gasteiger partial charge in [0.05, 0.1) is 5.60 Å². The molecule has 1 unspecified atom stereocenters. The number of carbonyl (C=O) groups excluding carboxylic acids is 2. The van der Waals surface area contributed by atoms with Crippen molar-refractivity contribution >= 4 is 11.8 Å². The van der Waals surface area contributed by atoms with E-state index in [-0.39, 0.29) is 11.5 Å². The number of ether oxygens (including phenoxy) is 1. The number of piperidine rings is 1. The Morgan fingerprint density at radius 3 is 2.35 bits per heavy atom. The molecule has 2 heterocycles. The Labute approximate surface area is 158 Å². The first-order valence-corrected chi connectivity index (χ1v) is 10.6.